The molecule has 9 heteroatoms. The van der Waals surface area contributed by atoms with E-state index in [1.807, 2.05) is 13.8 Å². The van der Waals surface area contributed by atoms with Crippen LogP contribution in [0, 0.1) is 23.6 Å². The summed E-state index contributed by atoms with van der Waals surface area (Å²) >= 11 is 6.24. The Morgan fingerprint density at radius 2 is 1.92 bits per heavy atom. The monoisotopic (exact) mass is 512 g/mol. The standard InChI is InChI=1S/C27H30ClFN4O3/c1-5-8-17(24(30)34)19(13-15(2)3)26(35)32-25-27(36)33(4)22-12-11-16(28)14-20(22)23(31-25)18-9-6-7-10-21(18)29/h5-7,9-12,14-15,17,19,25H,1,8,13H2,2-4H3,(H2,30,34)(H,32,35)/t17?,19?,25-/m1/s1. The smallest absolute Gasteiger partial charge is 0.272 e. The molecule has 3 N–H and O–H groups in total. The molecule has 0 fully saturated rings. The SMILES string of the molecule is C=CCC(C(N)=O)C(CC(C)C)C(=O)N[C@H]1N=C(c2ccccc2F)c2cc(Cl)ccc2N(C)C1=O. The fraction of sp³-hybridized carbons (Fsp3) is 0.333. The van der Waals surface area contributed by atoms with Crippen LogP contribution in [0.25, 0.3) is 0 Å². The van der Waals surface area contributed by atoms with Gasteiger partial charge in [-0.2, -0.15) is 0 Å². The lowest BCUT2D eigenvalue weighted by molar-refractivity contribution is -0.135. The van der Waals surface area contributed by atoms with Gasteiger partial charge in [0, 0.05) is 23.2 Å². The number of likely N-dealkylation sites (N-methyl/N-ethyl adjacent to an activating group) is 1. The van der Waals surface area contributed by atoms with Gasteiger partial charge in [-0.25, -0.2) is 9.38 Å². The quantitative estimate of drug-likeness (QED) is 0.495. The Hall–Kier alpha value is -3.52. The molecule has 0 aromatic heterocycles. The fourth-order valence-corrected chi connectivity index (χ4v) is 4.54. The van der Waals surface area contributed by atoms with Crippen molar-refractivity contribution in [2.24, 2.45) is 28.5 Å². The number of rotatable bonds is 9. The summed E-state index contributed by atoms with van der Waals surface area (Å²) in [5.41, 5.74) is 6.84. The second kappa shape index (κ2) is 11.5. The molecule has 1 heterocycles. The lowest BCUT2D eigenvalue weighted by atomic mass is 9.82. The van der Waals surface area contributed by atoms with Crippen molar-refractivity contribution in [3.05, 3.63) is 77.1 Å². The van der Waals surface area contributed by atoms with Crippen molar-refractivity contribution in [3.8, 4) is 0 Å². The van der Waals surface area contributed by atoms with E-state index >= 15 is 0 Å². The third-order valence-electron chi connectivity index (χ3n) is 6.14. The molecule has 2 aromatic carbocycles. The Labute approximate surface area is 215 Å². The second-order valence-corrected chi connectivity index (χ2v) is 9.63. The van der Waals surface area contributed by atoms with Crippen LogP contribution in [0.3, 0.4) is 0 Å². The van der Waals surface area contributed by atoms with E-state index in [9.17, 15) is 18.8 Å². The number of fused-ring (bicyclic) bond motifs is 1. The molecule has 2 aromatic rings. The summed E-state index contributed by atoms with van der Waals surface area (Å²) in [6.45, 7) is 7.51. The number of allylic oxidation sites excluding steroid dienone is 1. The topological polar surface area (TPSA) is 105 Å². The minimum atomic E-state index is -1.37. The van der Waals surface area contributed by atoms with Crippen LogP contribution < -0.4 is 16.0 Å². The summed E-state index contributed by atoms with van der Waals surface area (Å²) in [6, 6.07) is 10.9. The van der Waals surface area contributed by atoms with E-state index in [-0.39, 0.29) is 23.6 Å². The van der Waals surface area contributed by atoms with Gasteiger partial charge in [0.25, 0.3) is 5.91 Å². The number of nitrogens with two attached hydrogens (primary N) is 1. The zero-order valence-electron chi connectivity index (χ0n) is 20.5. The number of carbonyl (C=O) groups excluding carboxylic acids is 3. The first-order valence-electron chi connectivity index (χ1n) is 11.7. The molecule has 0 spiro atoms. The molecule has 1 aliphatic heterocycles. The summed E-state index contributed by atoms with van der Waals surface area (Å²) in [6.07, 6.45) is 0.751. The molecule has 190 valence electrons. The highest BCUT2D eigenvalue weighted by molar-refractivity contribution is 6.32. The van der Waals surface area contributed by atoms with Crippen LogP contribution >= 0.6 is 11.6 Å². The number of benzodiazepines with no additional fused rings is 1. The number of primary amides is 1. The van der Waals surface area contributed by atoms with Crippen molar-refractivity contribution in [1.29, 1.82) is 0 Å². The molecular formula is C27H30ClFN4O3. The largest absolute Gasteiger partial charge is 0.369 e. The first kappa shape index (κ1) is 27.1. The zero-order chi connectivity index (χ0) is 26.6. The average Bonchev–Trinajstić information content (AvgIpc) is 2.91. The van der Waals surface area contributed by atoms with Crippen LogP contribution in [0.15, 0.2) is 60.1 Å². The van der Waals surface area contributed by atoms with Gasteiger partial charge in [-0.15, -0.1) is 6.58 Å². The van der Waals surface area contributed by atoms with Gasteiger partial charge >= 0.3 is 0 Å². The molecule has 0 saturated heterocycles. The van der Waals surface area contributed by atoms with Crippen LogP contribution in [0.4, 0.5) is 10.1 Å². The molecule has 7 nitrogen and oxygen atoms in total. The average molecular weight is 513 g/mol. The maximum atomic E-state index is 14.9. The summed E-state index contributed by atoms with van der Waals surface area (Å²) < 4.78 is 14.9. The zero-order valence-corrected chi connectivity index (χ0v) is 21.3. The number of carbonyl (C=O) groups is 3. The van der Waals surface area contributed by atoms with Gasteiger partial charge in [0.05, 0.1) is 23.2 Å². The van der Waals surface area contributed by atoms with E-state index < -0.39 is 41.5 Å². The summed E-state index contributed by atoms with van der Waals surface area (Å²) in [7, 11) is 1.55. The van der Waals surface area contributed by atoms with Gasteiger partial charge in [0.15, 0.2) is 0 Å². The molecule has 2 unspecified atom stereocenters. The van der Waals surface area contributed by atoms with Crippen molar-refractivity contribution >= 4 is 40.7 Å². The molecule has 3 amide bonds. The fourth-order valence-electron chi connectivity index (χ4n) is 4.37. The number of aliphatic imine (C=N–C) groups is 1. The van der Waals surface area contributed by atoms with Crippen molar-refractivity contribution in [3.63, 3.8) is 0 Å². The van der Waals surface area contributed by atoms with E-state index in [0.717, 1.165) is 0 Å². The predicted octanol–water partition coefficient (Wildman–Crippen LogP) is 4.08. The molecule has 3 atom stereocenters. The van der Waals surface area contributed by atoms with Crippen molar-refractivity contribution < 1.29 is 18.8 Å². The first-order valence-corrected chi connectivity index (χ1v) is 12.0. The maximum absolute atomic E-state index is 14.9. The van der Waals surface area contributed by atoms with Crippen LogP contribution in [0.5, 0.6) is 0 Å². The van der Waals surface area contributed by atoms with E-state index in [1.165, 1.54) is 17.0 Å². The third-order valence-corrected chi connectivity index (χ3v) is 6.37. The number of anilines is 1. The van der Waals surface area contributed by atoms with E-state index in [0.29, 0.717) is 22.7 Å². The summed E-state index contributed by atoms with van der Waals surface area (Å²) in [4.78, 5) is 45.0. The van der Waals surface area contributed by atoms with E-state index in [1.54, 1.807) is 43.4 Å². The lowest BCUT2D eigenvalue weighted by Crippen LogP contribution is -2.50. The number of halogens is 2. The number of hydrogen-bond donors (Lipinski definition) is 2. The highest BCUT2D eigenvalue weighted by Crippen LogP contribution is 2.31. The molecule has 36 heavy (non-hydrogen) atoms. The van der Waals surface area contributed by atoms with Crippen molar-refractivity contribution in [2.75, 3.05) is 11.9 Å². The Bertz CT molecular complexity index is 1210. The van der Waals surface area contributed by atoms with Crippen molar-refractivity contribution in [1.82, 2.24) is 5.32 Å². The van der Waals surface area contributed by atoms with Gasteiger partial charge in [0.2, 0.25) is 18.0 Å². The molecule has 0 radical (unpaired) electrons. The highest BCUT2D eigenvalue weighted by atomic mass is 35.5. The first-order chi connectivity index (χ1) is 17.0. The van der Waals surface area contributed by atoms with Crippen LogP contribution in [-0.4, -0.2) is 36.6 Å². The number of benzene rings is 2. The Kier molecular flexibility index (Phi) is 8.63. The molecule has 3 rings (SSSR count). The van der Waals surface area contributed by atoms with Gasteiger partial charge in [0.1, 0.15) is 5.82 Å². The predicted molar refractivity (Wildman–Crippen MR) is 139 cm³/mol. The summed E-state index contributed by atoms with van der Waals surface area (Å²) in [5, 5.41) is 3.07. The van der Waals surface area contributed by atoms with E-state index in [2.05, 4.69) is 16.9 Å². The lowest BCUT2D eigenvalue weighted by Gasteiger charge is -2.27. The molecule has 0 saturated carbocycles. The van der Waals surface area contributed by atoms with Crippen LogP contribution in [-0.2, 0) is 14.4 Å². The Balaban J connectivity index is 2.10. The Morgan fingerprint density at radius 1 is 1.22 bits per heavy atom. The minimum absolute atomic E-state index is 0.0730. The molecule has 0 bridgehead atoms. The molecular weight excluding hydrogens is 483 g/mol. The minimum Gasteiger partial charge on any atom is -0.369 e. The third kappa shape index (κ3) is 5.82. The van der Waals surface area contributed by atoms with Gasteiger partial charge in [-0.3, -0.25) is 14.4 Å². The molecule has 1 aliphatic rings. The number of nitrogens with zero attached hydrogens (tertiary/aromatic N) is 2. The Morgan fingerprint density at radius 3 is 2.53 bits per heavy atom. The van der Waals surface area contributed by atoms with Crippen molar-refractivity contribution in [2.45, 2.75) is 32.9 Å². The summed E-state index contributed by atoms with van der Waals surface area (Å²) in [5.74, 6) is -3.76. The van der Waals surface area contributed by atoms with Gasteiger partial charge in [-0.1, -0.05) is 43.7 Å². The number of amides is 3. The number of hydrogen-bond acceptors (Lipinski definition) is 4. The van der Waals surface area contributed by atoms with Gasteiger partial charge < -0.3 is 16.0 Å². The van der Waals surface area contributed by atoms with Gasteiger partial charge in [-0.05, 0) is 49.1 Å². The van der Waals surface area contributed by atoms with E-state index in [4.69, 9.17) is 17.3 Å². The van der Waals surface area contributed by atoms with Crippen LogP contribution in [0.2, 0.25) is 5.02 Å². The molecule has 0 aliphatic carbocycles. The normalized spacial score (nSPS) is 17.1. The number of nitrogens with one attached hydrogen (secondary N) is 1. The maximum Gasteiger partial charge on any atom is 0.272 e. The van der Waals surface area contributed by atoms with Crippen LogP contribution in [0.1, 0.15) is 37.8 Å². The highest BCUT2D eigenvalue weighted by Gasteiger charge is 2.37. The second-order valence-electron chi connectivity index (χ2n) is 9.20.